The molecule has 0 saturated heterocycles. The van der Waals surface area contributed by atoms with Crippen LogP contribution in [0.4, 0.5) is 6.01 Å². The van der Waals surface area contributed by atoms with Crippen LogP contribution in [-0.4, -0.2) is 10.2 Å². The Hall–Kier alpha value is -0.880. The second-order valence-corrected chi connectivity index (χ2v) is 1.43. The van der Waals surface area contributed by atoms with E-state index in [1.807, 2.05) is 0 Å². The Kier molecular flexibility index (Phi) is 1.27. The number of H-pyrrole nitrogens is 1. The summed E-state index contributed by atoms with van der Waals surface area (Å²) < 4.78 is 4.64. The number of nitrogen functional groups attached to an aromatic ring is 1. The molecule has 0 aliphatic heterocycles. The van der Waals surface area contributed by atoms with Crippen LogP contribution < -0.4 is 11.3 Å². The SMILES string of the molecule is NNc1n[nH]c(=S)o1. The molecule has 4 N–H and O–H groups in total. The normalized spacial score (nSPS) is 9.12. The van der Waals surface area contributed by atoms with Crippen molar-refractivity contribution < 1.29 is 4.42 Å². The topological polar surface area (TPSA) is 79.9 Å². The zero-order chi connectivity index (χ0) is 5.98. The summed E-state index contributed by atoms with van der Waals surface area (Å²) in [5.41, 5.74) is 2.17. The van der Waals surface area contributed by atoms with E-state index in [1.54, 1.807) is 0 Å². The zero-order valence-corrected chi connectivity index (χ0v) is 4.66. The van der Waals surface area contributed by atoms with E-state index in [0.717, 1.165) is 0 Å². The molecular formula is C2H4N4OS. The van der Waals surface area contributed by atoms with Gasteiger partial charge in [0.2, 0.25) is 0 Å². The fourth-order valence-corrected chi connectivity index (χ4v) is 0.416. The van der Waals surface area contributed by atoms with Crippen LogP contribution in [0.15, 0.2) is 4.42 Å². The van der Waals surface area contributed by atoms with E-state index >= 15 is 0 Å². The largest absolute Gasteiger partial charge is 0.395 e. The molecule has 8 heavy (non-hydrogen) atoms. The van der Waals surface area contributed by atoms with Crippen LogP contribution >= 0.6 is 12.2 Å². The summed E-state index contributed by atoms with van der Waals surface area (Å²) in [7, 11) is 0. The van der Waals surface area contributed by atoms with Gasteiger partial charge in [-0.25, -0.2) is 10.9 Å². The molecule has 0 atom stereocenters. The average Bonchev–Trinajstić information content (AvgIpc) is 2.14. The quantitative estimate of drug-likeness (QED) is 0.285. The van der Waals surface area contributed by atoms with E-state index in [0.29, 0.717) is 0 Å². The summed E-state index contributed by atoms with van der Waals surface area (Å²) >= 11 is 4.52. The molecule has 5 nitrogen and oxygen atoms in total. The molecule has 1 rings (SSSR count). The lowest BCUT2D eigenvalue weighted by atomic mass is 11.2. The highest BCUT2D eigenvalue weighted by molar-refractivity contribution is 7.71. The number of aromatic nitrogens is 2. The summed E-state index contributed by atoms with van der Waals surface area (Å²) in [5.74, 6) is 4.89. The van der Waals surface area contributed by atoms with E-state index in [4.69, 9.17) is 5.84 Å². The monoisotopic (exact) mass is 132 g/mol. The summed E-state index contributed by atoms with van der Waals surface area (Å²) in [5, 5.41) is 5.88. The number of rotatable bonds is 1. The van der Waals surface area contributed by atoms with Crippen molar-refractivity contribution in [2.45, 2.75) is 0 Å². The first-order valence-electron chi connectivity index (χ1n) is 1.85. The van der Waals surface area contributed by atoms with Crippen molar-refractivity contribution in [2.75, 3.05) is 5.43 Å². The Balaban J connectivity index is 3.01. The van der Waals surface area contributed by atoms with E-state index < -0.39 is 0 Å². The zero-order valence-electron chi connectivity index (χ0n) is 3.84. The molecule has 0 radical (unpaired) electrons. The van der Waals surface area contributed by atoms with Crippen molar-refractivity contribution in [3.05, 3.63) is 4.84 Å². The van der Waals surface area contributed by atoms with Crippen molar-refractivity contribution in [3.8, 4) is 0 Å². The van der Waals surface area contributed by atoms with Crippen molar-refractivity contribution >= 4 is 18.2 Å². The number of aromatic amines is 1. The van der Waals surface area contributed by atoms with Gasteiger partial charge in [0.15, 0.2) is 0 Å². The number of nitrogens with zero attached hydrogens (tertiary/aromatic N) is 1. The Bertz CT molecular complexity index is 214. The van der Waals surface area contributed by atoms with Gasteiger partial charge in [-0.2, -0.15) is 0 Å². The van der Waals surface area contributed by atoms with Gasteiger partial charge in [0.25, 0.3) is 4.84 Å². The molecule has 0 aromatic carbocycles. The van der Waals surface area contributed by atoms with Gasteiger partial charge in [-0.05, 0) is 12.2 Å². The standard InChI is InChI=1S/C2H4N4OS/c3-4-1-5-6-2(8)7-1/h3H2,(H,4,5)(H,6,8). The fourth-order valence-electron chi connectivity index (χ4n) is 0.292. The predicted octanol–water partition coefficient (Wildman–Crippen LogP) is 0.0178. The number of anilines is 1. The molecule has 0 fully saturated rings. The molecular weight excluding hydrogens is 128 g/mol. The summed E-state index contributed by atoms with van der Waals surface area (Å²) in [6.07, 6.45) is 0. The molecule has 0 aliphatic rings. The third kappa shape index (κ3) is 0.849. The fraction of sp³-hybridized carbons (Fsp3) is 0. The highest BCUT2D eigenvalue weighted by Crippen LogP contribution is 1.95. The molecule has 1 aromatic rings. The Morgan fingerprint density at radius 1 is 1.88 bits per heavy atom. The first-order valence-corrected chi connectivity index (χ1v) is 2.26. The average molecular weight is 132 g/mol. The van der Waals surface area contributed by atoms with Crippen molar-refractivity contribution in [2.24, 2.45) is 5.84 Å². The van der Waals surface area contributed by atoms with Crippen LogP contribution in [0.1, 0.15) is 0 Å². The van der Waals surface area contributed by atoms with Gasteiger partial charge in [0.1, 0.15) is 0 Å². The molecule has 0 spiro atoms. The number of hydrazine groups is 1. The number of nitrogens with one attached hydrogen (secondary N) is 2. The van der Waals surface area contributed by atoms with Gasteiger partial charge in [0.05, 0.1) is 0 Å². The highest BCUT2D eigenvalue weighted by Gasteiger charge is 1.89. The molecule has 44 valence electrons. The minimum atomic E-state index is 0.190. The molecule has 0 bridgehead atoms. The first-order chi connectivity index (χ1) is 3.83. The summed E-state index contributed by atoms with van der Waals surface area (Å²) in [6.45, 7) is 0. The molecule has 0 amide bonds. The van der Waals surface area contributed by atoms with Gasteiger partial charge in [-0.1, -0.05) is 0 Å². The predicted molar refractivity (Wildman–Crippen MR) is 29.5 cm³/mol. The maximum atomic E-state index is 4.89. The molecule has 6 heteroatoms. The molecule has 1 aromatic heterocycles. The van der Waals surface area contributed by atoms with Crippen molar-refractivity contribution in [3.63, 3.8) is 0 Å². The summed E-state index contributed by atoms with van der Waals surface area (Å²) in [6, 6.07) is 0.190. The first kappa shape index (κ1) is 5.26. The van der Waals surface area contributed by atoms with Crippen LogP contribution in [0.5, 0.6) is 0 Å². The van der Waals surface area contributed by atoms with Gasteiger partial charge in [-0.15, -0.1) is 5.10 Å². The maximum absolute atomic E-state index is 4.89. The van der Waals surface area contributed by atoms with Gasteiger partial charge in [0, 0.05) is 0 Å². The van der Waals surface area contributed by atoms with Crippen LogP contribution in [0, 0.1) is 4.84 Å². The lowest BCUT2D eigenvalue weighted by Crippen LogP contribution is -2.06. The molecule has 1 heterocycles. The van der Waals surface area contributed by atoms with Gasteiger partial charge in [-0.3, -0.25) is 5.43 Å². The third-order valence-electron chi connectivity index (χ3n) is 0.562. The summed E-state index contributed by atoms with van der Waals surface area (Å²) in [4.78, 5) is 0.206. The Labute approximate surface area is 49.9 Å². The van der Waals surface area contributed by atoms with Crippen LogP contribution in [0.25, 0.3) is 0 Å². The third-order valence-corrected chi connectivity index (χ3v) is 0.736. The lowest BCUT2D eigenvalue weighted by molar-refractivity contribution is 0.551. The van der Waals surface area contributed by atoms with Gasteiger partial charge < -0.3 is 4.42 Å². The minimum Gasteiger partial charge on any atom is -0.395 e. The number of nitrogens with two attached hydrogens (primary N) is 1. The van der Waals surface area contributed by atoms with E-state index in [-0.39, 0.29) is 10.9 Å². The van der Waals surface area contributed by atoms with E-state index in [2.05, 4.69) is 32.3 Å². The maximum Gasteiger partial charge on any atom is 0.328 e. The van der Waals surface area contributed by atoms with E-state index in [9.17, 15) is 0 Å². The Morgan fingerprint density at radius 3 is 2.88 bits per heavy atom. The molecule has 0 aliphatic carbocycles. The minimum absolute atomic E-state index is 0.190. The van der Waals surface area contributed by atoms with E-state index in [1.165, 1.54) is 0 Å². The number of hydrogen-bond acceptors (Lipinski definition) is 5. The Morgan fingerprint density at radius 2 is 2.62 bits per heavy atom. The second-order valence-electron chi connectivity index (χ2n) is 1.06. The smallest absolute Gasteiger partial charge is 0.328 e. The number of hydrogen-bond donors (Lipinski definition) is 3. The van der Waals surface area contributed by atoms with Crippen molar-refractivity contribution in [1.29, 1.82) is 0 Å². The second kappa shape index (κ2) is 1.93. The molecule has 0 unspecified atom stereocenters. The van der Waals surface area contributed by atoms with Crippen LogP contribution in [0.2, 0.25) is 0 Å². The van der Waals surface area contributed by atoms with Gasteiger partial charge >= 0.3 is 6.01 Å². The van der Waals surface area contributed by atoms with Crippen molar-refractivity contribution in [1.82, 2.24) is 10.2 Å². The van der Waals surface area contributed by atoms with Crippen LogP contribution in [0.3, 0.4) is 0 Å². The lowest BCUT2D eigenvalue weighted by Gasteiger charge is -1.82. The molecule has 0 saturated carbocycles. The highest BCUT2D eigenvalue weighted by atomic mass is 32.1. The van der Waals surface area contributed by atoms with Crippen LogP contribution in [-0.2, 0) is 0 Å².